The number of carbonyl (C=O) groups excluding carboxylic acids is 1. The summed E-state index contributed by atoms with van der Waals surface area (Å²) in [6, 6.07) is 28.5. The number of hydrogen-bond donors (Lipinski definition) is 2. The van der Waals surface area contributed by atoms with Crippen LogP contribution >= 0.6 is 0 Å². The fourth-order valence-electron chi connectivity index (χ4n) is 6.87. The minimum absolute atomic E-state index is 0.0581. The summed E-state index contributed by atoms with van der Waals surface area (Å²) in [6.45, 7) is 4.28. The minimum Gasteiger partial charge on any atom is -0.497 e. The second kappa shape index (κ2) is 18.9. The van der Waals surface area contributed by atoms with Crippen molar-refractivity contribution in [2.45, 2.75) is 55.8 Å². The number of methoxy groups -OCH3 is 3. The molecule has 3 N–H and O–H groups in total. The zero-order chi connectivity index (χ0) is 46.5. The van der Waals surface area contributed by atoms with Crippen molar-refractivity contribution in [3.05, 3.63) is 120 Å². The highest BCUT2D eigenvalue weighted by molar-refractivity contribution is 7.93. The van der Waals surface area contributed by atoms with Gasteiger partial charge in [-0.1, -0.05) is 48.5 Å². The van der Waals surface area contributed by atoms with E-state index in [4.69, 9.17) is 24.7 Å². The Labute approximate surface area is 376 Å². The van der Waals surface area contributed by atoms with Gasteiger partial charge in [0.2, 0.25) is 21.8 Å². The van der Waals surface area contributed by atoms with Gasteiger partial charge >= 0.3 is 6.09 Å². The maximum atomic E-state index is 16.0. The van der Waals surface area contributed by atoms with Gasteiger partial charge in [0, 0.05) is 25.2 Å². The zero-order valence-corrected chi connectivity index (χ0v) is 38.1. The van der Waals surface area contributed by atoms with Gasteiger partial charge in [0.05, 0.1) is 49.8 Å². The normalized spacial score (nSPS) is 12.0. The van der Waals surface area contributed by atoms with Crippen molar-refractivity contribution in [2.75, 3.05) is 39.4 Å². The number of nitrogens with two attached hydrogens (primary N) is 1. The first-order chi connectivity index (χ1) is 31.0. The van der Waals surface area contributed by atoms with Crippen LogP contribution in [-0.4, -0.2) is 101 Å². The molecule has 4 aromatic carbocycles. The Morgan fingerprint density at radius 3 is 1.88 bits per heavy atom. The number of nitrogens with one attached hydrogen (secondary N) is 1. The van der Waals surface area contributed by atoms with Gasteiger partial charge in [0.25, 0.3) is 0 Å². The van der Waals surface area contributed by atoms with E-state index in [1.165, 1.54) is 40.0 Å². The number of aromatic nitrogens is 7. The van der Waals surface area contributed by atoms with Gasteiger partial charge in [0.15, 0.2) is 15.5 Å². The molecule has 0 radical (unpaired) electrons. The van der Waals surface area contributed by atoms with Crippen LogP contribution in [0, 0.1) is 0 Å². The highest BCUT2D eigenvalue weighted by Gasteiger charge is 2.38. The number of nitrogen functional groups attached to an aromatic ring is 1. The molecule has 0 saturated heterocycles. The van der Waals surface area contributed by atoms with Crippen LogP contribution in [-0.2, 0) is 44.2 Å². The molecule has 0 aliphatic heterocycles. The first-order valence-corrected chi connectivity index (χ1v) is 23.2. The molecule has 3 aromatic heterocycles. The van der Waals surface area contributed by atoms with E-state index in [9.17, 15) is 13.2 Å². The molecule has 3 heterocycles. The average molecular weight is 925 g/mol. The number of sulfonamides is 1. The van der Waals surface area contributed by atoms with Gasteiger partial charge in [-0.05, 0) is 97.3 Å². The number of carbonyl (C=O) groups is 1. The van der Waals surface area contributed by atoms with E-state index in [0.717, 1.165) is 5.56 Å². The summed E-state index contributed by atoms with van der Waals surface area (Å²) in [6.07, 6.45) is -0.848. The summed E-state index contributed by atoms with van der Waals surface area (Å²) in [5, 5.41) is 20.2. The van der Waals surface area contributed by atoms with E-state index in [1.807, 2.05) is 12.1 Å². The molecule has 7 aromatic rings. The number of fused-ring (bicyclic) bond motifs is 1. The molecule has 0 saturated carbocycles. The van der Waals surface area contributed by atoms with Crippen molar-refractivity contribution in [1.29, 1.82) is 0 Å². The van der Waals surface area contributed by atoms with E-state index in [1.54, 1.807) is 107 Å². The predicted molar refractivity (Wildman–Crippen MR) is 240 cm³/mol. The smallest absolute Gasteiger partial charge is 0.407 e. The molecule has 0 spiro atoms. The van der Waals surface area contributed by atoms with Crippen LogP contribution in [0.25, 0.3) is 28.3 Å². The molecule has 7 rings (SSSR count). The first-order valence-electron chi connectivity index (χ1n) is 20.1. The van der Waals surface area contributed by atoms with Gasteiger partial charge in [0.1, 0.15) is 27.7 Å². The predicted octanol–water partition coefficient (Wildman–Crippen LogP) is 5.40. The number of tetrazole rings is 1. The molecule has 21 heteroatoms. The van der Waals surface area contributed by atoms with Gasteiger partial charge in [-0.3, -0.25) is 0 Å². The average Bonchev–Trinajstić information content (AvgIpc) is 3.91. The highest BCUT2D eigenvalue weighted by atomic mass is 32.2. The number of nitrogens with zero attached hydrogens (tertiary/aromatic N) is 8. The van der Waals surface area contributed by atoms with Crippen molar-refractivity contribution in [3.8, 4) is 39.9 Å². The quantitative estimate of drug-likeness (QED) is 0.116. The van der Waals surface area contributed by atoms with Crippen molar-refractivity contribution in [3.63, 3.8) is 0 Å². The summed E-state index contributed by atoms with van der Waals surface area (Å²) in [7, 11) is -4.94. The van der Waals surface area contributed by atoms with Crippen LogP contribution in [0.15, 0.2) is 113 Å². The molecule has 0 fully saturated rings. The lowest BCUT2D eigenvalue weighted by molar-refractivity contribution is 0.0531. The van der Waals surface area contributed by atoms with Crippen molar-refractivity contribution < 1.29 is 40.6 Å². The Kier molecular flexibility index (Phi) is 13.4. The number of hydrogen-bond acceptors (Lipinski definition) is 15. The Morgan fingerprint density at radius 2 is 1.32 bits per heavy atom. The van der Waals surface area contributed by atoms with Crippen molar-refractivity contribution >= 4 is 37.5 Å². The number of pyridine rings is 1. The third kappa shape index (κ3) is 10.6. The van der Waals surface area contributed by atoms with E-state index >= 15 is 8.42 Å². The third-order valence-corrected chi connectivity index (χ3v) is 13.7. The number of ether oxygens (including phenoxy) is 4. The van der Waals surface area contributed by atoms with Crippen LogP contribution < -0.4 is 25.3 Å². The molecule has 0 atom stereocenters. The second-order valence-corrected chi connectivity index (χ2v) is 19.6. The van der Waals surface area contributed by atoms with Crippen LogP contribution in [0.5, 0.6) is 17.2 Å². The molecular weight excluding hydrogens is 877 g/mol. The third-order valence-electron chi connectivity index (χ3n) is 9.94. The lowest BCUT2D eigenvalue weighted by Crippen LogP contribution is -2.35. The van der Waals surface area contributed by atoms with Gasteiger partial charge < -0.3 is 30.0 Å². The standard InChI is InChI=1S/C44H48N10O9S2/c1-44(2,3)63-43(55)46-24-25-64(56,57)37-23-22-35(36-8-7-9-38-47-42(45)50-54(36)38)39(41-48-51-53(49-41)28-31-14-20-34(62-6)21-15-31)40(37)65(58,59)52(26-29-10-16-32(60-4)17-11-29)27-30-12-18-33(61-5)19-13-30/h7-23H,24-28H2,1-6H3,(H2,45,50)(H,46,55). The molecule has 340 valence electrons. The summed E-state index contributed by atoms with van der Waals surface area (Å²) >= 11 is 0. The maximum Gasteiger partial charge on any atom is 0.407 e. The monoisotopic (exact) mass is 924 g/mol. The van der Waals surface area contributed by atoms with Crippen molar-refractivity contribution in [2.24, 2.45) is 0 Å². The Hall–Kier alpha value is -7.10. The number of anilines is 1. The van der Waals surface area contributed by atoms with E-state index < -0.39 is 53.6 Å². The lowest BCUT2D eigenvalue weighted by Gasteiger charge is -2.26. The lowest BCUT2D eigenvalue weighted by atomic mass is 10.0. The number of sulfone groups is 1. The first kappa shape index (κ1) is 45.9. The summed E-state index contributed by atoms with van der Waals surface area (Å²) in [4.78, 5) is 17.0. The van der Waals surface area contributed by atoms with E-state index in [0.29, 0.717) is 34.0 Å². The molecule has 1 amide bonds. The molecule has 0 aliphatic rings. The highest BCUT2D eigenvalue weighted by Crippen LogP contribution is 2.42. The Morgan fingerprint density at radius 1 is 0.754 bits per heavy atom. The SMILES string of the molecule is COc1ccc(CN(Cc2ccc(OC)cc2)S(=O)(=O)c2c(S(=O)(=O)CCNC(=O)OC(C)(C)C)ccc(-c3cccc4nc(N)nn34)c2-c2nnn(Cc3ccc(OC)cc3)n2)cc1. The van der Waals surface area contributed by atoms with Crippen molar-refractivity contribution in [1.82, 2.24) is 44.4 Å². The zero-order valence-electron chi connectivity index (χ0n) is 36.5. The van der Waals surface area contributed by atoms with E-state index in [2.05, 4.69) is 30.8 Å². The van der Waals surface area contributed by atoms with Gasteiger partial charge in [-0.15, -0.1) is 15.3 Å². The molecule has 0 unspecified atom stereocenters. The van der Waals surface area contributed by atoms with Crippen LogP contribution in [0.2, 0.25) is 0 Å². The molecular formula is C44H48N10O9S2. The molecule has 0 aliphatic carbocycles. The maximum absolute atomic E-state index is 16.0. The number of rotatable bonds is 17. The Bertz CT molecular complexity index is 2980. The fraction of sp³-hybridized carbons (Fsp3) is 0.273. The van der Waals surface area contributed by atoms with Crippen LogP contribution in [0.4, 0.5) is 10.7 Å². The second-order valence-electron chi connectivity index (χ2n) is 15.7. The summed E-state index contributed by atoms with van der Waals surface area (Å²) in [5.41, 5.74) is 7.70. The minimum atomic E-state index is -4.94. The molecule has 65 heavy (non-hydrogen) atoms. The van der Waals surface area contributed by atoms with Gasteiger partial charge in [-0.25, -0.2) is 26.1 Å². The summed E-state index contributed by atoms with van der Waals surface area (Å²) < 4.78 is 85.4. The molecule has 19 nitrogen and oxygen atoms in total. The topological polar surface area (TPSA) is 237 Å². The fourth-order valence-corrected chi connectivity index (χ4v) is 10.5. The van der Waals surface area contributed by atoms with Crippen LogP contribution in [0.3, 0.4) is 0 Å². The molecule has 0 bridgehead atoms. The van der Waals surface area contributed by atoms with Crippen LogP contribution in [0.1, 0.15) is 37.5 Å². The summed E-state index contributed by atoms with van der Waals surface area (Å²) in [5.74, 6) is 0.752. The Balaban J connectivity index is 1.47. The number of amides is 1. The van der Waals surface area contributed by atoms with Gasteiger partial charge in [-0.2, -0.15) is 14.1 Å². The van der Waals surface area contributed by atoms with E-state index in [-0.39, 0.29) is 48.2 Å². The number of alkyl carbamates (subject to hydrolysis) is 1. The number of benzene rings is 4. The largest absolute Gasteiger partial charge is 0.497 e.